The van der Waals surface area contributed by atoms with Crippen LogP contribution in [-0.4, -0.2) is 27.2 Å². The Morgan fingerprint density at radius 2 is 1.84 bits per heavy atom. The zero-order chi connectivity index (χ0) is 17.8. The average Bonchev–Trinajstić information content (AvgIpc) is 3.01. The van der Waals surface area contributed by atoms with Crippen LogP contribution < -0.4 is 10.9 Å². The van der Waals surface area contributed by atoms with Crippen molar-refractivity contribution >= 4 is 45.1 Å². The molecule has 1 heterocycles. The summed E-state index contributed by atoms with van der Waals surface area (Å²) in [4.78, 5) is 28.6. The molecule has 3 N–H and O–H groups in total. The van der Waals surface area contributed by atoms with E-state index in [1.54, 1.807) is 19.1 Å². The van der Waals surface area contributed by atoms with Crippen molar-refractivity contribution in [3.05, 3.63) is 54.1 Å². The van der Waals surface area contributed by atoms with E-state index >= 15 is 0 Å². The highest BCUT2D eigenvalue weighted by Gasteiger charge is 2.18. The van der Waals surface area contributed by atoms with Gasteiger partial charge in [-0.25, -0.2) is 4.98 Å². The van der Waals surface area contributed by atoms with E-state index in [1.165, 1.54) is 35.2 Å². The molecule has 6 nitrogen and oxygen atoms in total. The van der Waals surface area contributed by atoms with Crippen molar-refractivity contribution in [3.63, 3.8) is 0 Å². The lowest BCUT2D eigenvalue weighted by atomic mass is 10.2. The summed E-state index contributed by atoms with van der Waals surface area (Å²) < 4.78 is 1.85. The summed E-state index contributed by atoms with van der Waals surface area (Å²) in [6, 6.07) is 13.9. The number of hydrogen-bond acceptors (Lipinski definition) is 6. The molecule has 8 heteroatoms. The second-order valence-electron chi connectivity index (χ2n) is 5.17. The van der Waals surface area contributed by atoms with Gasteiger partial charge in [0, 0.05) is 0 Å². The van der Waals surface area contributed by atoms with Crippen LogP contribution in [-0.2, 0) is 4.79 Å². The van der Waals surface area contributed by atoms with Crippen LogP contribution in [0.15, 0.2) is 52.9 Å². The molecule has 2 amide bonds. The minimum Gasteiger partial charge on any atom is -0.507 e. The number of carbonyl (C=O) groups is 2. The van der Waals surface area contributed by atoms with Crippen LogP contribution in [0.5, 0.6) is 5.75 Å². The SMILES string of the molecule is C[C@@H](Sc1nc2ccccc2s1)C(=O)NNC(=O)c1ccccc1O. The molecule has 1 atom stereocenters. The van der Waals surface area contributed by atoms with Gasteiger partial charge in [0.1, 0.15) is 5.75 Å². The Hall–Kier alpha value is -2.58. The van der Waals surface area contributed by atoms with Gasteiger partial charge in [-0.2, -0.15) is 0 Å². The van der Waals surface area contributed by atoms with Crippen molar-refractivity contribution in [1.82, 2.24) is 15.8 Å². The van der Waals surface area contributed by atoms with Gasteiger partial charge in [-0.3, -0.25) is 20.4 Å². The number of aromatic hydroxyl groups is 1. The predicted octanol–water partition coefficient (Wildman–Crippen LogP) is 2.94. The fourth-order valence-corrected chi connectivity index (χ4v) is 4.27. The molecule has 128 valence electrons. The summed E-state index contributed by atoms with van der Waals surface area (Å²) in [5.74, 6) is -1.08. The maximum absolute atomic E-state index is 12.2. The summed E-state index contributed by atoms with van der Waals surface area (Å²) in [5.41, 5.74) is 5.66. The minimum atomic E-state index is -0.580. The monoisotopic (exact) mass is 373 g/mol. The highest BCUT2D eigenvalue weighted by molar-refractivity contribution is 8.02. The molecule has 0 aliphatic rings. The van der Waals surface area contributed by atoms with Crippen molar-refractivity contribution < 1.29 is 14.7 Å². The normalized spacial score (nSPS) is 11.9. The Morgan fingerprint density at radius 1 is 1.12 bits per heavy atom. The number of amides is 2. The third kappa shape index (κ3) is 4.09. The molecule has 0 saturated carbocycles. The van der Waals surface area contributed by atoms with Crippen molar-refractivity contribution in [1.29, 1.82) is 0 Å². The van der Waals surface area contributed by atoms with Crippen LogP contribution in [0, 0.1) is 0 Å². The summed E-state index contributed by atoms with van der Waals surface area (Å²) >= 11 is 2.84. The zero-order valence-corrected chi connectivity index (χ0v) is 14.9. The van der Waals surface area contributed by atoms with Gasteiger partial charge in [-0.15, -0.1) is 11.3 Å². The number of nitrogens with zero attached hydrogens (tertiary/aromatic N) is 1. The first-order valence-electron chi connectivity index (χ1n) is 7.45. The Labute approximate surface area is 152 Å². The number of thioether (sulfide) groups is 1. The molecule has 3 aromatic rings. The third-order valence-electron chi connectivity index (χ3n) is 3.37. The van der Waals surface area contributed by atoms with Crippen molar-refractivity contribution in [2.45, 2.75) is 16.5 Å². The van der Waals surface area contributed by atoms with Gasteiger partial charge >= 0.3 is 0 Å². The number of phenolic OH excluding ortho intramolecular Hbond substituents is 1. The molecule has 0 bridgehead atoms. The van der Waals surface area contributed by atoms with E-state index in [2.05, 4.69) is 15.8 Å². The summed E-state index contributed by atoms with van der Waals surface area (Å²) in [7, 11) is 0. The highest BCUT2D eigenvalue weighted by atomic mass is 32.2. The number of nitrogens with one attached hydrogen (secondary N) is 2. The van der Waals surface area contributed by atoms with E-state index in [0.717, 1.165) is 14.6 Å². The topological polar surface area (TPSA) is 91.3 Å². The average molecular weight is 373 g/mol. The largest absolute Gasteiger partial charge is 0.507 e. The first kappa shape index (κ1) is 17.2. The fourth-order valence-electron chi connectivity index (χ4n) is 2.06. The molecule has 2 aromatic carbocycles. The number of fused-ring (bicyclic) bond motifs is 1. The lowest BCUT2D eigenvalue weighted by Gasteiger charge is -2.12. The van der Waals surface area contributed by atoms with Crippen LogP contribution in [0.25, 0.3) is 10.2 Å². The summed E-state index contributed by atoms with van der Waals surface area (Å²) in [6.45, 7) is 1.73. The number of aromatic nitrogens is 1. The molecule has 25 heavy (non-hydrogen) atoms. The smallest absolute Gasteiger partial charge is 0.273 e. The van der Waals surface area contributed by atoms with Crippen LogP contribution in [0.4, 0.5) is 0 Å². The van der Waals surface area contributed by atoms with E-state index in [9.17, 15) is 14.7 Å². The molecule has 0 radical (unpaired) electrons. The number of para-hydroxylation sites is 2. The number of hydrazine groups is 1. The maximum Gasteiger partial charge on any atom is 0.273 e. The maximum atomic E-state index is 12.2. The summed E-state index contributed by atoms with van der Waals surface area (Å²) in [6.07, 6.45) is 0. The molecule has 0 fully saturated rings. The second kappa shape index (κ2) is 7.54. The van der Waals surface area contributed by atoms with Crippen molar-refractivity contribution in [2.75, 3.05) is 0 Å². The number of benzene rings is 2. The molecular formula is C17H15N3O3S2. The Morgan fingerprint density at radius 3 is 2.60 bits per heavy atom. The first-order valence-corrected chi connectivity index (χ1v) is 9.14. The quantitative estimate of drug-likeness (QED) is 0.483. The molecule has 3 rings (SSSR count). The number of phenols is 1. The molecule has 0 aliphatic heterocycles. The number of thiazole rings is 1. The van der Waals surface area contributed by atoms with Gasteiger partial charge in [0.15, 0.2) is 4.34 Å². The minimum absolute atomic E-state index is 0.0919. The third-order valence-corrected chi connectivity index (χ3v) is 5.60. The van der Waals surface area contributed by atoms with E-state index in [-0.39, 0.29) is 17.2 Å². The standard InChI is InChI=1S/C17H15N3O3S2/c1-10(24-17-18-12-7-3-5-9-14(12)25-17)15(22)19-20-16(23)11-6-2-4-8-13(11)21/h2-10,21H,1H3,(H,19,22)(H,20,23)/t10-/m1/s1. The lowest BCUT2D eigenvalue weighted by Crippen LogP contribution is -2.44. The zero-order valence-electron chi connectivity index (χ0n) is 13.2. The van der Waals surface area contributed by atoms with Gasteiger partial charge in [-0.05, 0) is 31.2 Å². The number of rotatable bonds is 4. The Kier molecular flexibility index (Phi) is 5.20. The van der Waals surface area contributed by atoms with E-state index in [1.807, 2.05) is 24.3 Å². The van der Waals surface area contributed by atoms with Crippen LogP contribution >= 0.6 is 23.1 Å². The molecule has 1 aromatic heterocycles. The van der Waals surface area contributed by atoms with Gasteiger partial charge in [-0.1, -0.05) is 36.0 Å². The Balaban J connectivity index is 1.57. The second-order valence-corrected chi connectivity index (χ2v) is 7.79. The van der Waals surface area contributed by atoms with Gasteiger partial charge in [0.2, 0.25) is 0 Å². The number of hydrogen-bond donors (Lipinski definition) is 3. The number of carbonyl (C=O) groups excluding carboxylic acids is 2. The van der Waals surface area contributed by atoms with Crippen LogP contribution in [0.3, 0.4) is 0 Å². The molecule has 0 spiro atoms. The van der Waals surface area contributed by atoms with Crippen molar-refractivity contribution in [3.8, 4) is 5.75 Å². The summed E-state index contributed by atoms with van der Waals surface area (Å²) in [5, 5.41) is 9.20. The van der Waals surface area contributed by atoms with E-state index in [0.29, 0.717) is 0 Å². The predicted molar refractivity (Wildman–Crippen MR) is 98.7 cm³/mol. The van der Waals surface area contributed by atoms with Crippen LogP contribution in [0.1, 0.15) is 17.3 Å². The van der Waals surface area contributed by atoms with E-state index in [4.69, 9.17) is 0 Å². The van der Waals surface area contributed by atoms with Crippen LogP contribution in [0.2, 0.25) is 0 Å². The molecular weight excluding hydrogens is 358 g/mol. The molecule has 0 unspecified atom stereocenters. The van der Waals surface area contributed by atoms with Crippen molar-refractivity contribution in [2.24, 2.45) is 0 Å². The van der Waals surface area contributed by atoms with Gasteiger partial charge < -0.3 is 5.11 Å². The molecule has 0 saturated heterocycles. The lowest BCUT2D eigenvalue weighted by molar-refractivity contribution is -0.121. The van der Waals surface area contributed by atoms with Gasteiger partial charge in [0.25, 0.3) is 11.8 Å². The highest BCUT2D eigenvalue weighted by Crippen LogP contribution is 2.31. The molecule has 0 aliphatic carbocycles. The van der Waals surface area contributed by atoms with Gasteiger partial charge in [0.05, 0.1) is 21.0 Å². The first-order chi connectivity index (χ1) is 12.0. The Bertz CT molecular complexity index is 893. The fraction of sp³-hybridized carbons (Fsp3) is 0.118. The van der Waals surface area contributed by atoms with E-state index < -0.39 is 11.2 Å².